The Labute approximate surface area is 137 Å². The van der Waals surface area contributed by atoms with Gasteiger partial charge in [-0.1, -0.05) is 18.1 Å². The Morgan fingerprint density at radius 2 is 1.00 bits per heavy atom. The van der Waals surface area contributed by atoms with Gasteiger partial charge in [-0.15, -0.1) is 7.92 Å². The van der Waals surface area contributed by atoms with Crippen molar-refractivity contribution in [2.24, 2.45) is 0 Å². The molecular weight excluding hydrogens is 311 g/mol. The van der Waals surface area contributed by atoms with E-state index in [1.54, 1.807) is 0 Å². The standard InChI is InChI=1S/C10H15.C3H9P.C2H3O.CO.Fe/c1-6-7(2)9(4)10(5)8(6)3;1-4(2)3;1-2-3;1-2;/h1-5H3;1-3H3;1H3;;/q;;-1;;. The first-order valence-electron chi connectivity index (χ1n) is 6.00. The molecule has 0 fully saturated rings. The van der Waals surface area contributed by atoms with Crippen LogP contribution in [0.15, 0.2) is 22.3 Å². The van der Waals surface area contributed by atoms with Crippen LogP contribution >= 0.6 is 7.92 Å². The first kappa shape index (κ1) is 28.1. The SMILES string of the molecule is CP(C)C.C[C-]=O.C[C]1C(C)=C(C)C(C)=C1C.[C-]#[O+].[Fe]. The Morgan fingerprint density at radius 3 is 1.05 bits per heavy atom. The van der Waals surface area contributed by atoms with Crippen molar-refractivity contribution >= 4 is 14.2 Å². The van der Waals surface area contributed by atoms with Crippen molar-refractivity contribution in [3.05, 3.63) is 34.9 Å². The van der Waals surface area contributed by atoms with Crippen molar-refractivity contribution in [3.63, 3.8) is 0 Å². The summed E-state index contributed by atoms with van der Waals surface area (Å²) in [5.41, 5.74) is 5.87. The second kappa shape index (κ2) is 16.9. The Morgan fingerprint density at radius 1 is 0.850 bits per heavy atom. The van der Waals surface area contributed by atoms with Gasteiger partial charge in [-0.2, -0.15) is 6.92 Å². The minimum atomic E-state index is 0. The zero-order valence-electron chi connectivity index (χ0n) is 14.1. The molecule has 0 aromatic heterocycles. The van der Waals surface area contributed by atoms with Crippen LogP contribution < -0.4 is 0 Å². The maximum Gasteiger partial charge on any atom is 0 e. The predicted octanol–water partition coefficient (Wildman–Crippen LogP) is 4.70. The summed E-state index contributed by atoms with van der Waals surface area (Å²) in [5, 5.41) is 0. The molecule has 0 aromatic rings. The molecule has 1 radical (unpaired) electrons. The van der Waals surface area contributed by atoms with E-state index < -0.39 is 0 Å². The fourth-order valence-electron chi connectivity index (χ4n) is 1.41. The molecule has 0 saturated carbocycles. The summed E-state index contributed by atoms with van der Waals surface area (Å²) in [6, 6.07) is 0. The van der Waals surface area contributed by atoms with Crippen LogP contribution in [0.1, 0.15) is 41.5 Å². The molecule has 0 amide bonds. The Hall–Kier alpha value is -0.161. The summed E-state index contributed by atoms with van der Waals surface area (Å²) < 4.78 is 7.50. The molecule has 1 rings (SSSR count). The van der Waals surface area contributed by atoms with Gasteiger partial charge in [0.15, 0.2) is 0 Å². The third kappa shape index (κ3) is 12.9. The molecular formula is C16H27FeO2P-. The van der Waals surface area contributed by atoms with Crippen molar-refractivity contribution in [1.29, 1.82) is 0 Å². The average molecular weight is 338 g/mol. The number of hydrogen-bond donors (Lipinski definition) is 0. The number of allylic oxidation sites excluding steroid dienone is 4. The van der Waals surface area contributed by atoms with Crippen LogP contribution in [0, 0.1) is 12.6 Å². The molecule has 20 heavy (non-hydrogen) atoms. The van der Waals surface area contributed by atoms with Crippen LogP contribution in [0.4, 0.5) is 0 Å². The van der Waals surface area contributed by atoms with Gasteiger partial charge in [0, 0.05) is 23.0 Å². The molecule has 117 valence electrons. The largest absolute Gasteiger partial charge is 0 e. The topological polar surface area (TPSA) is 37.0 Å². The minimum absolute atomic E-state index is 0. The molecule has 1 aliphatic rings. The molecule has 0 N–H and O–H groups in total. The van der Waals surface area contributed by atoms with Crippen molar-refractivity contribution in [2.75, 3.05) is 20.0 Å². The normalized spacial score (nSPS) is 13.2. The van der Waals surface area contributed by atoms with Crippen molar-refractivity contribution in [1.82, 2.24) is 0 Å². The van der Waals surface area contributed by atoms with E-state index in [2.05, 4.69) is 61.3 Å². The summed E-state index contributed by atoms with van der Waals surface area (Å²) >= 11 is 0. The summed E-state index contributed by atoms with van der Waals surface area (Å²) in [5.74, 6) is 1.47. The summed E-state index contributed by atoms with van der Waals surface area (Å²) in [6.45, 7) is 23.5. The van der Waals surface area contributed by atoms with Gasteiger partial charge in [0.2, 0.25) is 0 Å². The van der Waals surface area contributed by atoms with Gasteiger partial charge < -0.3 is 4.79 Å². The number of carbonyl (C=O) groups excluding carboxylic acids is 1. The molecule has 4 heteroatoms. The quantitative estimate of drug-likeness (QED) is 0.273. The zero-order chi connectivity index (χ0) is 16.2. The zero-order valence-corrected chi connectivity index (χ0v) is 16.1. The number of hydrogen-bond acceptors (Lipinski definition) is 1. The van der Waals surface area contributed by atoms with E-state index in [1.807, 2.05) is 0 Å². The smallest absolute Gasteiger partial charge is 0 e. The maximum atomic E-state index is 8.68. The van der Waals surface area contributed by atoms with E-state index in [4.69, 9.17) is 9.45 Å². The Kier molecular flexibility index (Phi) is 23.7. The van der Waals surface area contributed by atoms with Gasteiger partial charge in [0.25, 0.3) is 0 Å². The van der Waals surface area contributed by atoms with Gasteiger partial charge in [-0.25, -0.2) is 0 Å². The van der Waals surface area contributed by atoms with Crippen LogP contribution in [0.5, 0.6) is 0 Å². The summed E-state index contributed by atoms with van der Waals surface area (Å²) in [6.07, 6.45) is 1.50. The fraction of sp³-hybridized carbons (Fsp3) is 0.562. The fourth-order valence-corrected chi connectivity index (χ4v) is 1.41. The second-order valence-electron chi connectivity index (χ2n) is 4.67. The Balaban J connectivity index is -0.000000109. The van der Waals surface area contributed by atoms with E-state index >= 15 is 0 Å². The summed E-state index contributed by atoms with van der Waals surface area (Å²) in [7, 11) is 0.380. The van der Waals surface area contributed by atoms with Gasteiger partial charge in [0.05, 0.1) is 0 Å². The molecule has 0 aliphatic heterocycles. The molecule has 1 aliphatic carbocycles. The summed E-state index contributed by atoms with van der Waals surface area (Å²) in [4.78, 5) is 8.68. The van der Waals surface area contributed by atoms with Crippen LogP contribution in [0.3, 0.4) is 0 Å². The van der Waals surface area contributed by atoms with Gasteiger partial charge >= 0.3 is 11.3 Å². The molecule has 0 heterocycles. The first-order valence-corrected chi connectivity index (χ1v) is 8.68. The number of rotatable bonds is 0. The molecule has 0 saturated heterocycles. The van der Waals surface area contributed by atoms with Gasteiger partial charge in [-0.3, -0.25) is 6.29 Å². The van der Waals surface area contributed by atoms with E-state index in [0.717, 1.165) is 0 Å². The monoisotopic (exact) mass is 338 g/mol. The third-order valence-corrected chi connectivity index (χ3v) is 2.81. The minimum Gasteiger partial charge on any atom is 0 e. The molecule has 2 nitrogen and oxygen atoms in total. The van der Waals surface area contributed by atoms with Crippen LogP contribution in [0.25, 0.3) is 0 Å². The van der Waals surface area contributed by atoms with E-state index in [9.17, 15) is 0 Å². The molecule has 0 spiro atoms. The van der Waals surface area contributed by atoms with Crippen LogP contribution in [-0.2, 0) is 26.5 Å². The van der Waals surface area contributed by atoms with Crippen molar-refractivity contribution in [2.45, 2.75) is 41.5 Å². The molecule has 0 atom stereocenters. The van der Waals surface area contributed by atoms with Crippen LogP contribution in [-0.4, -0.2) is 26.3 Å². The Bertz CT molecular complexity index is 315. The predicted molar refractivity (Wildman–Crippen MR) is 85.7 cm³/mol. The van der Waals surface area contributed by atoms with Crippen molar-refractivity contribution in [3.8, 4) is 0 Å². The molecule has 0 bridgehead atoms. The van der Waals surface area contributed by atoms with Gasteiger partial charge in [-0.05, 0) is 58.8 Å². The van der Waals surface area contributed by atoms with Gasteiger partial charge in [0.1, 0.15) is 0 Å². The average Bonchev–Trinajstić information content (AvgIpc) is 2.51. The van der Waals surface area contributed by atoms with E-state index in [1.165, 1.54) is 41.4 Å². The van der Waals surface area contributed by atoms with Crippen molar-refractivity contribution < 1.29 is 26.5 Å². The van der Waals surface area contributed by atoms with Crippen LogP contribution in [0.2, 0.25) is 0 Å². The first-order chi connectivity index (χ1) is 8.70. The third-order valence-electron chi connectivity index (χ3n) is 2.81. The van der Waals surface area contributed by atoms with E-state index in [0.29, 0.717) is 7.92 Å². The molecule has 0 unspecified atom stereocenters. The second-order valence-corrected chi connectivity index (χ2v) is 7.35. The van der Waals surface area contributed by atoms with E-state index in [-0.39, 0.29) is 17.1 Å². The maximum absolute atomic E-state index is 8.68. The molecule has 0 aromatic carbocycles.